The zero-order chi connectivity index (χ0) is 19.4. The highest BCUT2D eigenvalue weighted by Crippen LogP contribution is 2.26. The summed E-state index contributed by atoms with van der Waals surface area (Å²) in [5, 5.41) is 6.45. The minimum Gasteiger partial charge on any atom is -0.496 e. The molecule has 1 aromatic heterocycles. The number of benzene rings is 1. The van der Waals surface area contributed by atoms with E-state index >= 15 is 0 Å². The van der Waals surface area contributed by atoms with Crippen molar-refractivity contribution in [3.05, 3.63) is 35.5 Å². The Balaban J connectivity index is 1.85. The minimum absolute atomic E-state index is 0.0683. The minimum atomic E-state index is -0.594. The topological polar surface area (TPSA) is 128 Å². The lowest BCUT2D eigenvalue weighted by Gasteiger charge is -2.29. The van der Waals surface area contributed by atoms with E-state index in [9.17, 15) is 4.79 Å². The zero-order valence-corrected chi connectivity index (χ0v) is 15.7. The first-order chi connectivity index (χ1) is 13.0. The number of aryl methyl sites for hydroxylation is 1. The molecular formula is C19H26N6O2. The molecule has 2 aromatic rings. The van der Waals surface area contributed by atoms with E-state index < -0.39 is 5.91 Å². The second-order valence-corrected chi connectivity index (χ2v) is 6.83. The maximum atomic E-state index is 11.8. The van der Waals surface area contributed by atoms with Gasteiger partial charge in [0, 0.05) is 24.0 Å². The van der Waals surface area contributed by atoms with E-state index in [0.29, 0.717) is 11.8 Å². The summed E-state index contributed by atoms with van der Waals surface area (Å²) in [7, 11) is 1.62. The van der Waals surface area contributed by atoms with Gasteiger partial charge in [0.1, 0.15) is 17.1 Å². The van der Waals surface area contributed by atoms with Gasteiger partial charge in [0.2, 0.25) is 5.95 Å². The predicted octanol–water partition coefficient (Wildman–Crippen LogP) is 2.32. The summed E-state index contributed by atoms with van der Waals surface area (Å²) >= 11 is 0. The van der Waals surface area contributed by atoms with Crippen LogP contribution in [0.4, 0.5) is 17.5 Å². The van der Waals surface area contributed by atoms with Crippen molar-refractivity contribution in [3.8, 4) is 5.75 Å². The van der Waals surface area contributed by atoms with E-state index in [1.165, 1.54) is 6.20 Å². The summed E-state index contributed by atoms with van der Waals surface area (Å²) < 4.78 is 5.28. The van der Waals surface area contributed by atoms with Gasteiger partial charge in [0.05, 0.1) is 7.11 Å². The Morgan fingerprint density at radius 3 is 2.74 bits per heavy atom. The van der Waals surface area contributed by atoms with E-state index in [1.54, 1.807) is 7.11 Å². The molecule has 1 fully saturated rings. The van der Waals surface area contributed by atoms with E-state index in [4.69, 9.17) is 16.2 Å². The highest BCUT2D eigenvalue weighted by Gasteiger charge is 2.23. The molecule has 1 aliphatic rings. The molecule has 1 saturated carbocycles. The number of primary amides is 1. The molecule has 1 aromatic carbocycles. The lowest BCUT2D eigenvalue weighted by atomic mass is 9.91. The molecule has 0 radical (unpaired) electrons. The standard InChI is InChI=1S/C19H26N6O2/c1-11-9-12(7-8-16(11)27-2)23-18-13(17(21)26)10-22-19(25-18)24-15-6-4-3-5-14(15)20/h7-10,14-15H,3-6,20H2,1-2H3,(H2,21,26)(H2,22,23,24,25)/t14-,15+/m1/s1. The van der Waals surface area contributed by atoms with Crippen molar-refractivity contribution in [3.63, 3.8) is 0 Å². The molecule has 3 rings (SSSR count). The number of carbonyl (C=O) groups is 1. The van der Waals surface area contributed by atoms with Crippen LogP contribution in [0.1, 0.15) is 41.6 Å². The van der Waals surface area contributed by atoms with Crippen molar-refractivity contribution in [2.45, 2.75) is 44.7 Å². The monoisotopic (exact) mass is 370 g/mol. The molecule has 0 saturated heterocycles. The number of anilines is 3. The lowest BCUT2D eigenvalue weighted by molar-refractivity contribution is 0.100. The number of hydrogen-bond donors (Lipinski definition) is 4. The molecule has 1 aliphatic carbocycles. The molecule has 8 nitrogen and oxygen atoms in total. The molecule has 2 atom stereocenters. The third-order valence-electron chi connectivity index (χ3n) is 4.85. The summed E-state index contributed by atoms with van der Waals surface area (Å²) in [6.45, 7) is 1.94. The molecule has 27 heavy (non-hydrogen) atoms. The van der Waals surface area contributed by atoms with Gasteiger partial charge in [-0.2, -0.15) is 4.98 Å². The Morgan fingerprint density at radius 1 is 1.30 bits per heavy atom. The summed E-state index contributed by atoms with van der Waals surface area (Å²) in [6.07, 6.45) is 5.66. The van der Waals surface area contributed by atoms with Gasteiger partial charge >= 0.3 is 0 Å². The third kappa shape index (κ3) is 4.46. The number of ether oxygens (including phenoxy) is 1. The number of nitrogens with zero attached hydrogens (tertiary/aromatic N) is 2. The average molecular weight is 370 g/mol. The van der Waals surface area contributed by atoms with Gasteiger partial charge in [0.15, 0.2) is 0 Å². The Hall–Kier alpha value is -2.87. The van der Waals surface area contributed by atoms with Crippen molar-refractivity contribution in [1.82, 2.24) is 9.97 Å². The highest BCUT2D eigenvalue weighted by molar-refractivity contribution is 5.98. The van der Waals surface area contributed by atoms with E-state index in [0.717, 1.165) is 42.7 Å². The summed E-state index contributed by atoms with van der Waals surface area (Å²) in [5.41, 5.74) is 13.6. The van der Waals surface area contributed by atoms with Crippen molar-refractivity contribution >= 4 is 23.4 Å². The van der Waals surface area contributed by atoms with Crippen molar-refractivity contribution < 1.29 is 9.53 Å². The summed E-state index contributed by atoms with van der Waals surface area (Å²) in [6, 6.07) is 5.80. The number of amides is 1. The first-order valence-electron chi connectivity index (χ1n) is 9.08. The molecule has 0 bridgehead atoms. The van der Waals surface area contributed by atoms with Crippen LogP contribution in [-0.2, 0) is 0 Å². The van der Waals surface area contributed by atoms with Crippen molar-refractivity contribution in [2.24, 2.45) is 11.5 Å². The number of nitrogens with two attached hydrogens (primary N) is 2. The third-order valence-corrected chi connectivity index (χ3v) is 4.85. The van der Waals surface area contributed by atoms with Crippen LogP contribution in [-0.4, -0.2) is 35.1 Å². The summed E-state index contributed by atoms with van der Waals surface area (Å²) in [4.78, 5) is 20.5. The normalized spacial score (nSPS) is 19.4. The number of nitrogens with one attached hydrogen (secondary N) is 2. The Labute approximate surface area is 158 Å². The number of aromatic nitrogens is 2. The smallest absolute Gasteiger partial charge is 0.254 e. The van der Waals surface area contributed by atoms with E-state index in [1.807, 2.05) is 25.1 Å². The van der Waals surface area contributed by atoms with Crippen molar-refractivity contribution in [1.29, 1.82) is 0 Å². The van der Waals surface area contributed by atoms with Gasteiger partial charge in [-0.25, -0.2) is 4.98 Å². The van der Waals surface area contributed by atoms with Crippen molar-refractivity contribution in [2.75, 3.05) is 17.7 Å². The SMILES string of the molecule is COc1ccc(Nc2nc(N[C@H]3CCCC[C@H]3N)ncc2C(N)=O)cc1C. The number of carbonyl (C=O) groups excluding carboxylic acids is 1. The molecule has 6 N–H and O–H groups in total. The predicted molar refractivity (Wildman–Crippen MR) is 105 cm³/mol. The Bertz CT molecular complexity index is 826. The summed E-state index contributed by atoms with van der Waals surface area (Å²) in [5.74, 6) is 0.972. The first-order valence-corrected chi connectivity index (χ1v) is 9.08. The van der Waals surface area contributed by atoms with Crippen LogP contribution in [0.25, 0.3) is 0 Å². The lowest BCUT2D eigenvalue weighted by Crippen LogP contribution is -2.43. The van der Waals surface area contributed by atoms with Gasteiger partial charge in [-0.1, -0.05) is 12.8 Å². The van der Waals surface area contributed by atoms with Crippen LogP contribution in [0, 0.1) is 6.92 Å². The van der Waals surface area contributed by atoms with Gasteiger partial charge < -0.3 is 26.8 Å². The van der Waals surface area contributed by atoms with Gasteiger partial charge in [-0.15, -0.1) is 0 Å². The van der Waals surface area contributed by atoms with Gasteiger partial charge in [0.25, 0.3) is 5.91 Å². The molecule has 0 unspecified atom stereocenters. The largest absolute Gasteiger partial charge is 0.496 e. The fourth-order valence-corrected chi connectivity index (χ4v) is 3.32. The van der Waals surface area contributed by atoms with Crippen LogP contribution in [0.15, 0.2) is 24.4 Å². The Morgan fingerprint density at radius 2 is 2.07 bits per heavy atom. The molecule has 1 heterocycles. The fourth-order valence-electron chi connectivity index (χ4n) is 3.32. The Kier molecular flexibility index (Phi) is 5.75. The zero-order valence-electron chi connectivity index (χ0n) is 15.7. The molecule has 8 heteroatoms. The van der Waals surface area contributed by atoms with Gasteiger partial charge in [-0.05, 0) is 43.5 Å². The van der Waals surface area contributed by atoms with Gasteiger partial charge in [-0.3, -0.25) is 4.79 Å². The van der Waals surface area contributed by atoms with Crippen LogP contribution in [0.2, 0.25) is 0 Å². The van der Waals surface area contributed by atoms with Crippen LogP contribution < -0.4 is 26.8 Å². The molecular weight excluding hydrogens is 344 g/mol. The molecule has 0 aliphatic heterocycles. The maximum Gasteiger partial charge on any atom is 0.254 e. The maximum absolute atomic E-state index is 11.8. The fraction of sp³-hybridized carbons (Fsp3) is 0.421. The van der Waals surface area contributed by atoms with Crippen LogP contribution >= 0.6 is 0 Å². The second-order valence-electron chi connectivity index (χ2n) is 6.83. The highest BCUT2D eigenvalue weighted by atomic mass is 16.5. The number of hydrogen-bond acceptors (Lipinski definition) is 7. The molecule has 1 amide bonds. The average Bonchev–Trinajstić information content (AvgIpc) is 2.64. The first kappa shape index (κ1) is 18.9. The van der Waals surface area contributed by atoms with Crippen LogP contribution in [0.3, 0.4) is 0 Å². The molecule has 144 valence electrons. The number of rotatable bonds is 6. The van der Waals surface area contributed by atoms with E-state index in [-0.39, 0.29) is 17.6 Å². The number of methoxy groups -OCH3 is 1. The van der Waals surface area contributed by atoms with E-state index in [2.05, 4.69) is 20.6 Å². The quantitative estimate of drug-likeness (QED) is 0.614. The molecule has 0 spiro atoms. The second kappa shape index (κ2) is 8.22. The van der Waals surface area contributed by atoms with Crippen LogP contribution in [0.5, 0.6) is 5.75 Å².